The summed E-state index contributed by atoms with van der Waals surface area (Å²) in [4.78, 5) is 17.1. The first kappa shape index (κ1) is 17.1. The van der Waals surface area contributed by atoms with Gasteiger partial charge in [-0.1, -0.05) is 6.07 Å². The van der Waals surface area contributed by atoms with E-state index in [9.17, 15) is 8.42 Å². The molecule has 0 atom stereocenters. The SMILES string of the molecule is CN(C)c1nc(CNS(=O)(=O)c2cccs2)nc(N2CCCC2)n1. The molecule has 1 saturated heterocycles. The zero-order chi connectivity index (χ0) is 17.2. The summed E-state index contributed by atoms with van der Waals surface area (Å²) in [7, 11) is 0.161. The lowest BCUT2D eigenvalue weighted by molar-refractivity contribution is 0.581. The zero-order valence-electron chi connectivity index (χ0n) is 13.6. The number of sulfonamides is 1. The first-order chi connectivity index (χ1) is 11.5. The third-order valence-electron chi connectivity index (χ3n) is 3.63. The van der Waals surface area contributed by atoms with Crippen molar-refractivity contribution in [3.05, 3.63) is 23.3 Å². The van der Waals surface area contributed by atoms with Gasteiger partial charge in [-0.05, 0) is 24.3 Å². The first-order valence-corrected chi connectivity index (χ1v) is 10.0. The Balaban J connectivity index is 1.81. The molecule has 0 spiro atoms. The van der Waals surface area contributed by atoms with Gasteiger partial charge in [-0.2, -0.15) is 15.0 Å². The number of aromatic nitrogens is 3. The van der Waals surface area contributed by atoms with E-state index < -0.39 is 10.0 Å². The Kier molecular flexibility index (Phi) is 4.97. The molecular formula is C14H20N6O2S2. The Bertz CT molecular complexity index is 786. The minimum Gasteiger partial charge on any atom is -0.347 e. The Morgan fingerprint density at radius 3 is 2.62 bits per heavy atom. The summed E-state index contributed by atoms with van der Waals surface area (Å²) in [5.74, 6) is 1.55. The van der Waals surface area contributed by atoms with Crippen molar-refractivity contribution in [2.45, 2.75) is 23.6 Å². The van der Waals surface area contributed by atoms with E-state index in [-0.39, 0.29) is 10.8 Å². The summed E-state index contributed by atoms with van der Waals surface area (Å²) in [6.07, 6.45) is 2.23. The van der Waals surface area contributed by atoms with Crippen LogP contribution < -0.4 is 14.5 Å². The molecule has 1 aliphatic heterocycles. The van der Waals surface area contributed by atoms with Crippen LogP contribution in [0.1, 0.15) is 18.7 Å². The van der Waals surface area contributed by atoms with Crippen LogP contribution in [0, 0.1) is 0 Å². The smallest absolute Gasteiger partial charge is 0.250 e. The van der Waals surface area contributed by atoms with Gasteiger partial charge >= 0.3 is 0 Å². The summed E-state index contributed by atoms with van der Waals surface area (Å²) < 4.78 is 27.3. The van der Waals surface area contributed by atoms with Gasteiger partial charge in [0, 0.05) is 27.2 Å². The van der Waals surface area contributed by atoms with Gasteiger partial charge in [0.05, 0.1) is 6.54 Å². The summed E-state index contributed by atoms with van der Waals surface area (Å²) in [5.41, 5.74) is 0. The van der Waals surface area contributed by atoms with E-state index >= 15 is 0 Å². The Morgan fingerprint density at radius 2 is 2.00 bits per heavy atom. The highest BCUT2D eigenvalue weighted by molar-refractivity contribution is 7.91. The van der Waals surface area contributed by atoms with Crippen molar-refractivity contribution in [2.24, 2.45) is 0 Å². The minimum atomic E-state index is -3.54. The number of nitrogens with zero attached hydrogens (tertiary/aromatic N) is 5. The van der Waals surface area contributed by atoms with Crippen molar-refractivity contribution >= 4 is 33.3 Å². The summed E-state index contributed by atoms with van der Waals surface area (Å²) in [6.45, 7) is 1.86. The second-order valence-electron chi connectivity index (χ2n) is 5.70. The molecule has 0 radical (unpaired) electrons. The molecular weight excluding hydrogens is 348 g/mol. The molecule has 1 aliphatic rings. The third kappa shape index (κ3) is 3.82. The van der Waals surface area contributed by atoms with Crippen LogP contribution in [0.2, 0.25) is 0 Å². The van der Waals surface area contributed by atoms with Crippen LogP contribution in [0.4, 0.5) is 11.9 Å². The maximum absolute atomic E-state index is 12.2. The fourth-order valence-corrected chi connectivity index (χ4v) is 4.40. The zero-order valence-corrected chi connectivity index (χ0v) is 15.3. The summed E-state index contributed by atoms with van der Waals surface area (Å²) in [6, 6.07) is 3.28. The average Bonchev–Trinajstić information content (AvgIpc) is 3.25. The number of anilines is 2. The van der Waals surface area contributed by atoms with Crippen LogP contribution in [0.3, 0.4) is 0 Å². The van der Waals surface area contributed by atoms with Crippen LogP contribution in [-0.2, 0) is 16.6 Å². The minimum absolute atomic E-state index is 0.0322. The highest BCUT2D eigenvalue weighted by Gasteiger charge is 2.20. The van der Waals surface area contributed by atoms with Crippen molar-refractivity contribution in [1.82, 2.24) is 19.7 Å². The molecule has 8 nitrogen and oxygen atoms in total. The molecule has 130 valence electrons. The van der Waals surface area contributed by atoms with Gasteiger partial charge in [-0.3, -0.25) is 0 Å². The van der Waals surface area contributed by atoms with Gasteiger partial charge in [0.25, 0.3) is 0 Å². The molecule has 2 aromatic heterocycles. The summed E-state index contributed by atoms with van der Waals surface area (Å²) in [5, 5.41) is 1.73. The number of rotatable bonds is 6. The van der Waals surface area contributed by atoms with Gasteiger partial charge in [-0.15, -0.1) is 11.3 Å². The van der Waals surface area contributed by atoms with Crippen molar-refractivity contribution in [2.75, 3.05) is 37.0 Å². The molecule has 10 heteroatoms. The molecule has 3 rings (SSSR count). The van der Waals surface area contributed by atoms with Crippen LogP contribution in [0.15, 0.2) is 21.7 Å². The topological polar surface area (TPSA) is 91.3 Å². The van der Waals surface area contributed by atoms with Gasteiger partial charge in [0.1, 0.15) is 4.21 Å². The van der Waals surface area contributed by atoms with E-state index in [0.717, 1.165) is 25.9 Å². The lowest BCUT2D eigenvalue weighted by atomic mass is 10.4. The molecule has 0 saturated carbocycles. The van der Waals surface area contributed by atoms with Gasteiger partial charge < -0.3 is 9.80 Å². The molecule has 3 heterocycles. The molecule has 0 unspecified atom stereocenters. The highest BCUT2D eigenvalue weighted by Crippen LogP contribution is 2.19. The second kappa shape index (κ2) is 6.99. The Labute approximate surface area is 145 Å². The molecule has 1 N–H and O–H groups in total. The monoisotopic (exact) mass is 368 g/mol. The number of thiophene rings is 1. The number of hydrogen-bond donors (Lipinski definition) is 1. The fourth-order valence-electron chi connectivity index (χ4n) is 2.38. The van der Waals surface area contributed by atoms with Gasteiger partial charge in [-0.25, -0.2) is 13.1 Å². The molecule has 0 bridgehead atoms. The van der Waals surface area contributed by atoms with Crippen molar-refractivity contribution in [3.63, 3.8) is 0 Å². The predicted molar refractivity (Wildman–Crippen MR) is 93.9 cm³/mol. The van der Waals surface area contributed by atoms with Crippen molar-refractivity contribution in [1.29, 1.82) is 0 Å². The van der Waals surface area contributed by atoms with Crippen molar-refractivity contribution < 1.29 is 8.42 Å². The largest absolute Gasteiger partial charge is 0.347 e. The van der Waals surface area contributed by atoms with Crippen LogP contribution >= 0.6 is 11.3 Å². The molecule has 2 aromatic rings. The average molecular weight is 368 g/mol. The van der Waals surface area contributed by atoms with Crippen LogP contribution in [0.25, 0.3) is 0 Å². The first-order valence-electron chi connectivity index (χ1n) is 7.66. The van der Waals surface area contributed by atoms with Crippen molar-refractivity contribution in [3.8, 4) is 0 Å². The lowest BCUT2D eigenvalue weighted by Crippen LogP contribution is -2.27. The molecule has 0 amide bonds. The Morgan fingerprint density at radius 1 is 1.25 bits per heavy atom. The third-order valence-corrected chi connectivity index (χ3v) is 6.43. The summed E-state index contributed by atoms with van der Waals surface area (Å²) >= 11 is 1.18. The standard InChI is InChI=1S/C14H20N6O2S2/c1-19(2)13-16-11(17-14(18-13)20-7-3-4-8-20)10-15-24(21,22)12-6-5-9-23-12/h5-6,9,15H,3-4,7-8,10H2,1-2H3. The van der Waals surface area contributed by atoms with E-state index in [1.807, 2.05) is 14.1 Å². The maximum atomic E-state index is 12.2. The van der Waals surface area contributed by atoms with Crippen LogP contribution in [0.5, 0.6) is 0 Å². The van der Waals surface area contributed by atoms with E-state index in [1.54, 1.807) is 22.4 Å². The second-order valence-corrected chi connectivity index (χ2v) is 8.64. The predicted octanol–water partition coefficient (Wildman–Crippen LogP) is 1.08. The fraction of sp³-hybridized carbons (Fsp3) is 0.500. The van der Waals surface area contributed by atoms with E-state index in [2.05, 4.69) is 24.6 Å². The van der Waals surface area contributed by atoms with Crippen LogP contribution in [-0.4, -0.2) is 50.6 Å². The number of hydrogen-bond acceptors (Lipinski definition) is 8. The molecule has 0 aliphatic carbocycles. The van der Waals surface area contributed by atoms with Gasteiger partial charge in [0.15, 0.2) is 5.82 Å². The van der Waals surface area contributed by atoms with E-state index in [4.69, 9.17) is 0 Å². The number of nitrogens with one attached hydrogen (secondary N) is 1. The molecule has 24 heavy (non-hydrogen) atoms. The van der Waals surface area contributed by atoms with E-state index in [0.29, 0.717) is 17.7 Å². The maximum Gasteiger partial charge on any atom is 0.250 e. The normalized spacial score (nSPS) is 15.0. The molecule has 0 aromatic carbocycles. The Hall–Kier alpha value is -1.78. The lowest BCUT2D eigenvalue weighted by Gasteiger charge is -2.18. The van der Waals surface area contributed by atoms with Gasteiger partial charge in [0.2, 0.25) is 21.9 Å². The molecule has 1 fully saturated rings. The van der Waals surface area contributed by atoms with E-state index in [1.165, 1.54) is 11.3 Å². The highest BCUT2D eigenvalue weighted by atomic mass is 32.2. The quantitative estimate of drug-likeness (QED) is 0.816.